The molecule has 112 valence electrons. The van der Waals surface area contributed by atoms with E-state index in [1.165, 1.54) is 17.1 Å². The van der Waals surface area contributed by atoms with Gasteiger partial charge in [0.1, 0.15) is 4.88 Å². The van der Waals surface area contributed by atoms with Gasteiger partial charge in [-0.05, 0) is 40.3 Å². The quantitative estimate of drug-likeness (QED) is 0.865. The predicted octanol–water partition coefficient (Wildman–Crippen LogP) is 2.12. The lowest BCUT2D eigenvalue weighted by Gasteiger charge is -2.34. The van der Waals surface area contributed by atoms with E-state index in [-0.39, 0.29) is 5.91 Å². The highest BCUT2D eigenvalue weighted by atomic mass is 32.1. The number of carbonyl (C=O) groups excluding carboxylic acids is 1. The number of carbonyl (C=O) groups is 1. The number of aryl methyl sites for hydroxylation is 1. The maximum atomic E-state index is 12.5. The van der Waals surface area contributed by atoms with E-state index in [9.17, 15) is 4.79 Å². The number of piperazine rings is 1. The lowest BCUT2D eigenvalue weighted by atomic mass is 10.2. The maximum absolute atomic E-state index is 12.5. The zero-order valence-corrected chi connectivity index (χ0v) is 13.6. The minimum absolute atomic E-state index is 0.0945. The van der Waals surface area contributed by atoms with Crippen molar-refractivity contribution in [2.75, 3.05) is 26.2 Å². The Balaban J connectivity index is 1.57. The Hall–Kier alpha value is -1.31. The molecule has 1 saturated heterocycles. The summed E-state index contributed by atoms with van der Waals surface area (Å²) >= 11 is 2.95. The second kappa shape index (κ2) is 6.64. The Bertz CT molecular complexity index is 588. The van der Waals surface area contributed by atoms with Crippen LogP contribution in [0.15, 0.2) is 16.8 Å². The van der Waals surface area contributed by atoms with Crippen molar-refractivity contribution in [1.82, 2.24) is 19.4 Å². The molecule has 0 unspecified atom stereocenters. The molecule has 1 amide bonds. The molecule has 0 aromatic carbocycles. The summed E-state index contributed by atoms with van der Waals surface area (Å²) in [6.45, 7) is 6.40. The first-order valence-electron chi connectivity index (χ1n) is 7.12. The molecule has 3 heterocycles. The maximum Gasteiger partial charge on any atom is 0.267 e. The normalized spacial score (nSPS) is 16.3. The highest BCUT2D eigenvalue weighted by Gasteiger charge is 2.25. The van der Waals surface area contributed by atoms with Gasteiger partial charge in [-0.25, -0.2) is 0 Å². The molecule has 0 spiro atoms. The summed E-state index contributed by atoms with van der Waals surface area (Å²) in [5.41, 5.74) is 2.19. The number of amides is 1. The van der Waals surface area contributed by atoms with Crippen LogP contribution in [0, 0.1) is 0 Å². The first-order valence-corrected chi connectivity index (χ1v) is 8.83. The minimum Gasteiger partial charge on any atom is -0.335 e. The third-order valence-corrected chi connectivity index (χ3v) is 5.22. The minimum atomic E-state index is 0.0945. The van der Waals surface area contributed by atoms with E-state index < -0.39 is 0 Å². The number of nitrogens with zero attached hydrogens (tertiary/aromatic N) is 4. The average Bonchev–Trinajstić information content (AvgIpc) is 3.18. The molecule has 3 rings (SSSR count). The Morgan fingerprint density at radius 3 is 2.81 bits per heavy atom. The van der Waals surface area contributed by atoms with Crippen molar-refractivity contribution >= 4 is 28.8 Å². The van der Waals surface area contributed by atoms with Crippen molar-refractivity contribution in [2.24, 2.45) is 0 Å². The van der Waals surface area contributed by atoms with Crippen molar-refractivity contribution in [2.45, 2.75) is 19.9 Å². The second-order valence-corrected chi connectivity index (χ2v) is 6.64. The molecule has 1 aliphatic heterocycles. The van der Waals surface area contributed by atoms with Gasteiger partial charge in [0.2, 0.25) is 0 Å². The molecule has 0 saturated carbocycles. The van der Waals surface area contributed by atoms with Gasteiger partial charge in [0.15, 0.2) is 0 Å². The summed E-state index contributed by atoms with van der Waals surface area (Å²) in [4.78, 5) is 17.5. The van der Waals surface area contributed by atoms with Gasteiger partial charge in [0.25, 0.3) is 5.91 Å². The molecular weight excluding hydrogens is 304 g/mol. The van der Waals surface area contributed by atoms with Crippen LogP contribution in [-0.4, -0.2) is 51.5 Å². The van der Waals surface area contributed by atoms with E-state index in [0.29, 0.717) is 4.88 Å². The zero-order valence-electron chi connectivity index (χ0n) is 12.0. The van der Waals surface area contributed by atoms with Crippen LogP contribution in [0.5, 0.6) is 0 Å². The predicted molar refractivity (Wildman–Crippen MR) is 84.8 cm³/mol. The number of hydrogen-bond donors (Lipinski definition) is 0. The van der Waals surface area contributed by atoms with Gasteiger partial charge in [0, 0.05) is 32.7 Å². The number of aromatic nitrogens is 2. The Morgan fingerprint density at radius 1 is 1.33 bits per heavy atom. The molecule has 2 aromatic rings. The van der Waals surface area contributed by atoms with Crippen LogP contribution in [0.25, 0.3) is 0 Å². The third kappa shape index (κ3) is 3.30. The summed E-state index contributed by atoms with van der Waals surface area (Å²) in [6, 6.07) is 2.17. The van der Waals surface area contributed by atoms with E-state index >= 15 is 0 Å². The monoisotopic (exact) mass is 322 g/mol. The molecule has 2 aromatic heterocycles. The van der Waals surface area contributed by atoms with E-state index in [2.05, 4.69) is 31.3 Å². The fraction of sp³-hybridized carbons (Fsp3) is 0.500. The molecule has 0 N–H and O–H groups in total. The third-order valence-electron chi connectivity index (χ3n) is 3.73. The molecule has 1 fully saturated rings. The summed E-state index contributed by atoms with van der Waals surface area (Å²) in [5, 5.41) is 8.33. The van der Waals surface area contributed by atoms with Crippen molar-refractivity contribution in [3.63, 3.8) is 0 Å². The lowest BCUT2D eigenvalue weighted by molar-refractivity contribution is 0.0632. The van der Waals surface area contributed by atoms with E-state index in [1.54, 1.807) is 11.3 Å². The van der Waals surface area contributed by atoms with Crippen LogP contribution in [0.2, 0.25) is 0 Å². The lowest BCUT2D eigenvalue weighted by Crippen LogP contribution is -2.48. The molecule has 0 bridgehead atoms. The molecule has 0 aliphatic carbocycles. The van der Waals surface area contributed by atoms with Gasteiger partial charge in [-0.3, -0.25) is 9.69 Å². The number of hydrogen-bond acceptors (Lipinski definition) is 6. The second-order valence-electron chi connectivity index (χ2n) is 5.10. The summed E-state index contributed by atoms with van der Waals surface area (Å²) in [6.07, 6.45) is 0.760. The summed E-state index contributed by atoms with van der Waals surface area (Å²) < 4.78 is 3.91. The number of thiophene rings is 1. The largest absolute Gasteiger partial charge is 0.335 e. The van der Waals surface area contributed by atoms with Gasteiger partial charge in [-0.2, -0.15) is 11.3 Å². The van der Waals surface area contributed by atoms with Gasteiger partial charge in [0.05, 0.1) is 5.69 Å². The van der Waals surface area contributed by atoms with E-state index in [1.807, 2.05) is 11.8 Å². The van der Waals surface area contributed by atoms with Gasteiger partial charge >= 0.3 is 0 Å². The SMILES string of the molecule is CCc1nnsc1C(=O)N1CCN(Cc2ccsc2)CC1. The van der Waals surface area contributed by atoms with Crippen molar-refractivity contribution in [3.05, 3.63) is 33.0 Å². The fourth-order valence-electron chi connectivity index (χ4n) is 2.50. The summed E-state index contributed by atoms with van der Waals surface area (Å²) in [5.74, 6) is 0.0945. The van der Waals surface area contributed by atoms with Crippen molar-refractivity contribution < 1.29 is 4.79 Å². The summed E-state index contributed by atoms with van der Waals surface area (Å²) in [7, 11) is 0. The van der Waals surface area contributed by atoms with Crippen LogP contribution in [0.4, 0.5) is 0 Å². The Morgan fingerprint density at radius 2 is 2.14 bits per heavy atom. The van der Waals surface area contributed by atoms with Gasteiger partial charge < -0.3 is 4.90 Å². The first-order chi connectivity index (χ1) is 10.3. The standard InChI is InChI=1S/C14H18N4OS2/c1-2-12-13(21-16-15-12)14(19)18-6-4-17(5-7-18)9-11-3-8-20-10-11/h3,8,10H,2,4-7,9H2,1H3. The Labute approximate surface area is 132 Å². The molecule has 0 radical (unpaired) electrons. The topological polar surface area (TPSA) is 49.3 Å². The van der Waals surface area contributed by atoms with E-state index in [0.717, 1.165) is 44.8 Å². The van der Waals surface area contributed by atoms with Crippen molar-refractivity contribution in [3.8, 4) is 0 Å². The van der Waals surface area contributed by atoms with Crippen LogP contribution in [0.1, 0.15) is 27.9 Å². The zero-order chi connectivity index (χ0) is 14.7. The number of rotatable bonds is 4. The Kier molecular flexibility index (Phi) is 4.62. The van der Waals surface area contributed by atoms with Crippen LogP contribution in [-0.2, 0) is 13.0 Å². The molecule has 1 aliphatic rings. The molecule has 0 atom stereocenters. The van der Waals surface area contributed by atoms with Gasteiger partial charge in [-0.15, -0.1) is 5.10 Å². The molecule has 21 heavy (non-hydrogen) atoms. The fourth-order valence-corrected chi connectivity index (χ4v) is 3.87. The average molecular weight is 322 g/mol. The first kappa shape index (κ1) is 14.6. The molecule has 7 heteroatoms. The molecular formula is C14H18N4OS2. The van der Waals surface area contributed by atoms with Crippen LogP contribution in [0.3, 0.4) is 0 Å². The van der Waals surface area contributed by atoms with Crippen LogP contribution < -0.4 is 0 Å². The smallest absolute Gasteiger partial charge is 0.267 e. The van der Waals surface area contributed by atoms with Crippen molar-refractivity contribution in [1.29, 1.82) is 0 Å². The highest BCUT2D eigenvalue weighted by molar-refractivity contribution is 7.08. The van der Waals surface area contributed by atoms with Gasteiger partial charge in [-0.1, -0.05) is 11.4 Å². The molecule has 5 nitrogen and oxygen atoms in total. The van der Waals surface area contributed by atoms with Crippen LogP contribution >= 0.6 is 22.9 Å². The van der Waals surface area contributed by atoms with E-state index in [4.69, 9.17) is 0 Å². The highest BCUT2D eigenvalue weighted by Crippen LogP contribution is 2.17.